The van der Waals surface area contributed by atoms with E-state index in [4.69, 9.17) is 0 Å². The molecule has 0 nitrogen and oxygen atoms in total. The lowest BCUT2D eigenvalue weighted by molar-refractivity contribution is 1.77. The van der Waals surface area contributed by atoms with Crippen LogP contribution < -0.4 is 0 Å². The van der Waals surface area contributed by atoms with E-state index in [0.29, 0.717) is 0 Å². The lowest BCUT2D eigenvalue weighted by Crippen LogP contribution is -2.37. The Morgan fingerprint density at radius 2 is 0.364 bits per heavy atom. The summed E-state index contributed by atoms with van der Waals surface area (Å²) in [5.74, 6) is 0. The molecule has 0 rings (SSSR count). The molecule has 0 atom stereocenters. The summed E-state index contributed by atoms with van der Waals surface area (Å²) in [6, 6.07) is 0. The largest absolute Gasteiger partial charge is 0.312 e. The third-order valence-corrected chi connectivity index (χ3v) is 23.3. The molecule has 0 spiro atoms. The highest BCUT2D eigenvalue weighted by molar-refractivity contribution is 7.12. The lowest BCUT2D eigenvalue weighted by Gasteiger charge is -2.17. The van der Waals surface area contributed by atoms with Gasteiger partial charge in [-0.1, -0.05) is 149 Å². The van der Waals surface area contributed by atoms with Gasteiger partial charge in [0.05, 0.1) is 8.07 Å². The molecule has 0 radical (unpaired) electrons. The average Bonchev–Trinajstić information content (AvgIpc) is 2.96. The molecule has 0 unspecified atom stereocenters. The van der Waals surface area contributed by atoms with E-state index in [2.05, 4.69) is 268 Å². The van der Waals surface area contributed by atoms with Gasteiger partial charge in [-0.05, 0) is 19.6 Å². The standard InChI is InChI=1S/C44H74Si11/c1-45(2,3)25-32-52(22,33-26-46(4,5)6)38-42-55(41-31-51(19,20)21,43-39-53(23,34-27-47(7,8)9)35-28-48(10,11)12)44-40-54(24,36-29-49(13,14)15)37-30-50(16,17)18/h31,41H,1-24H3. The zero-order chi connectivity index (χ0) is 43.6. The fourth-order valence-electron chi connectivity index (χ4n) is 3.42. The van der Waals surface area contributed by atoms with Crippen molar-refractivity contribution in [3.05, 3.63) is 11.4 Å². The van der Waals surface area contributed by atoms with Crippen LogP contribution in [-0.2, 0) is 0 Å². The molecule has 0 N–H and O–H groups in total. The van der Waals surface area contributed by atoms with Gasteiger partial charge in [0.15, 0.2) is 0 Å². The summed E-state index contributed by atoms with van der Waals surface area (Å²) in [6.07, 6.45) is 0. The smallest absolute Gasteiger partial charge is 0.137 e. The summed E-state index contributed by atoms with van der Waals surface area (Å²) in [4.78, 5) is 0. The number of rotatable bonds is 2. The Balaban J connectivity index is 9.15. The molecule has 0 aromatic heterocycles. The summed E-state index contributed by atoms with van der Waals surface area (Å²) in [7, 11) is -22.9. The van der Waals surface area contributed by atoms with Gasteiger partial charge in [-0.25, -0.2) is 0 Å². The van der Waals surface area contributed by atoms with Crippen LogP contribution in [0.2, 0.25) is 157 Å². The van der Waals surface area contributed by atoms with Gasteiger partial charge in [-0.3, -0.25) is 0 Å². The van der Waals surface area contributed by atoms with Gasteiger partial charge in [0, 0.05) is 0 Å². The molecule has 0 aliphatic carbocycles. The Hall–Kier alpha value is -1.83. The van der Waals surface area contributed by atoms with E-state index in [1.165, 1.54) is 0 Å². The monoisotopic (exact) mass is 910 g/mol. The Morgan fingerprint density at radius 1 is 0.200 bits per heavy atom. The molecule has 0 aromatic carbocycles. The van der Waals surface area contributed by atoms with Crippen molar-refractivity contribution in [2.45, 2.75) is 157 Å². The third-order valence-electron chi connectivity index (χ3n) is 6.49. The molecule has 0 amide bonds. The quantitative estimate of drug-likeness (QED) is 0.191. The average molecular weight is 912 g/mol. The molecule has 0 aliphatic heterocycles. The van der Waals surface area contributed by atoms with Crippen LogP contribution >= 0.6 is 0 Å². The van der Waals surface area contributed by atoms with E-state index < -0.39 is 88.8 Å². The Kier molecular flexibility index (Phi) is 18.6. The van der Waals surface area contributed by atoms with E-state index >= 15 is 0 Å². The lowest BCUT2D eigenvalue weighted by atomic mass is 11.2. The molecule has 294 valence electrons. The highest BCUT2D eigenvalue weighted by Crippen LogP contribution is 2.14. The van der Waals surface area contributed by atoms with Crippen molar-refractivity contribution < 1.29 is 0 Å². The zero-order valence-electron chi connectivity index (χ0n) is 39.7. The van der Waals surface area contributed by atoms with Gasteiger partial charge < -0.3 is 0 Å². The van der Waals surface area contributed by atoms with E-state index in [1.54, 1.807) is 0 Å². The molecular weight excluding hydrogens is 837 g/mol. The summed E-state index contributed by atoms with van der Waals surface area (Å²) in [5.41, 5.74) is 72.4. The molecule has 0 saturated carbocycles. The van der Waals surface area contributed by atoms with Crippen LogP contribution in [-0.4, -0.2) is 88.8 Å². The first-order chi connectivity index (χ1) is 24.1. The first-order valence-corrected chi connectivity index (χ1v) is 53.8. The van der Waals surface area contributed by atoms with Crippen LogP contribution in [0.15, 0.2) is 11.4 Å². The maximum atomic E-state index is 3.90. The minimum atomic E-state index is -3.15. The molecule has 0 fully saturated rings. The predicted octanol–water partition coefficient (Wildman–Crippen LogP) is 10.4. The Morgan fingerprint density at radius 3 is 0.509 bits per heavy atom. The molecular formula is C44H74Si11. The molecule has 0 aromatic rings. The van der Waals surface area contributed by atoms with Crippen molar-refractivity contribution >= 4 is 88.8 Å². The molecule has 11 heteroatoms. The normalized spacial score (nSPS) is 12.8. The van der Waals surface area contributed by atoms with Gasteiger partial charge in [0.25, 0.3) is 24.2 Å². The van der Waals surface area contributed by atoms with E-state index in [9.17, 15) is 0 Å². The van der Waals surface area contributed by atoms with Crippen molar-refractivity contribution in [1.29, 1.82) is 0 Å². The van der Waals surface area contributed by atoms with Gasteiger partial charge in [-0.2, -0.15) is 0 Å². The molecule has 0 saturated heterocycles. The summed E-state index contributed by atoms with van der Waals surface area (Å²) < 4.78 is 0. The van der Waals surface area contributed by atoms with Gasteiger partial charge in [-0.15, -0.1) is 99.8 Å². The first kappa shape index (κ1) is 53.2. The third kappa shape index (κ3) is 28.3. The van der Waals surface area contributed by atoms with Crippen molar-refractivity contribution in [3.8, 4) is 99.8 Å². The highest BCUT2D eigenvalue weighted by Gasteiger charge is 2.33. The van der Waals surface area contributed by atoms with Gasteiger partial charge in [0.2, 0.25) is 0 Å². The van der Waals surface area contributed by atoms with Gasteiger partial charge in [0.1, 0.15) is 48.4 Å². The van der Waals surface area contributed by atoms with E-state index in [1.807, 2.05) is 0 Å². The zero-order valence-corrected chi connectivity index (χ0v) is 50.7. The number of hydrogen-bond donors (Lipinski definition) is 0. The highest BCUT2D eigenvalue weighted by atomic mass is 28.4. The molecule has 0 aliphatic rings. The maximum Gasteiger partial charge on any atom is 0.312 e. The topological polar surface area (TPSA) is 0 Å². The van der Waals surface area contributed by atoms with Crippen LogP contribution in [0, 0.1) is 99.8 Å². The van der Waals surface area contributed by atoms with Crippen molar-refractivity contribution in [3.63, 3.8) is 0 Å². The maximum absolute atomic E-state index is 3.90. The fourth-order valence-corrected chi connectivity index (χ4v) is 27.8. The first-order valence-electron chi connectivity index (χ1n) is 19.7. The minimum Gasteiger partial charge on any atom is -0.137 e. The number of hydrogen-bond acceptors (Lipinski definition) is 0. The summed E-state index contributed by atoms with van der Waals surface area (Å²) >= 11 is 0. The molecule has 55 heavy (non-hydrogen) atoms. The summed E-state index contributed by atoms with van der Waals surface area (Å²) in [6.45, 7) is 55.1. The minimum absolute atomic E-state index is 1.68. The van der Waals surface area contributed by atoms with Crippen molar-refractivity contribution in [1.82, 2.24) is 0 Å². The van der Waals surface area contributed by atoms with Crippen LogP contribution in [0.5, 0.6) is 0 Å². The van der Waals surface area contributed by atoms with E-state index in [-0.39, 0.29) is 0 Å². The Bertz CT molecular complexity index is 1720. The molecule has 0 bridgehead atoms. The van der Waals surface area contributed by atoms with Crippen LogP contribution in [0.4, 0.5) is 0 Å². The molecule has 0 heterocycles. The van der Waals surface area contributed by atoms with Gasteiger partial charge >= 0.3 is 8.07 Å². The van der Waals surface area contributed by atoms with Crippen LogP contribution in [0.3, 0.4) is 0 Å². The van der Waals surface area contributed by atoms with E-state index in [0.717, 1.165) is 0 Å². The van der Waals surface area contributed by atoms with Crippen molar-refractivity contribution in [2.75, 3.05) is 0 Å². The van der Waals surface area contributed by atoms with Crippen LogP contribution in [0.1, 0.15) is 0 Å². The predicted molar refractivity (Wildman–Crippen MR) is 283 cm³/mol. The van der Waals surface area contributed by atoms with Crippen molar-refractivity contribution in [2.24, 2.45) is 0 Å². The fraction of sp³-hybridized carbons (Fsp3) is 0.545. The summed E-state index contributed by atoms with van der Waals surface area (Å²) in [5, 5.41) is 0. The SMILES string of the molecule is C[Si](C)(C)C#C[Si](C)(C#C[Si](C)(C)C)C#C[Si](C#C[Si](C)(C#C[Si](C)(C)C)C#C[Si](C)(C)C)(C#C[Si](C)(C#C[Si](C)(C)C)C#C[Si](C)(C)C)C=C[Si](C)(C)C. The second kappa shape index (κ2) is 19.3. The Labute approximate surface area is 354 Å². The second-order valence-electron chi connectivity index (χ2n) is 22.6. The van der Waals surface area contributed by atoms with Crippen LogP contribution in [0.25, 0.3) is 0 Å². The second-order valence-corrected chi connectivity index (χ2v) is 67.9.